The first-order chi connectivity index (χ1) is 12.9. The molecule has 2 aliphatic heterocycles. The number of halogens is 1. The van der Waals surface area contributed by atoms with Crippen LogP contribution in [0.3, 0.4) is 0 Å². The van der Waals surface area contributed by atoms with Gasteiger partial charge in [0.05, 0.1) is 0 Å². The molecule has 2 heterocycles. The number of carbonyl (C=O) groups is 2. The fourth-order valence-corrected chi connectivity index (χ4v) is 3.97. The monoisotopic (exact) mass is 367 g/mol. The predicted molar refractivity (Wildman–Crippen MR) is 102 cm³/mol. The minimum Gasteiger partial charge on any atom is -0.324 e. The average Bonchev–Trinajstić information content (AvgIpc) is 3.21. The second kappa shape index (κ2) is 6.68. The molecule has 2 aliphatic rings. The van der Waals surface area contributed by atoms with Gasteiger partial charge in [0.15, 0.2) is 0 Å². The Balaban J connectivity index is 1.42. The van der Waals surface area contributed by atoms with Crippen molar-refractivity contribution in [1.29, 1.82) is 0 Å². The van der Waals surface area contributed by atoms with E-state index in [1.165, 1.54) is 24.3 Å². The van der Waals surface area contributed by atoms with E-state index in [0.29, 0.717) is 31.7 Å². The number of urea groups is 1. The van der Waals surface area contributed by atoms with Gasteiger partial charge in [-0.2, -0.15) is 0 Å². The number of benzene rings is 2. The fraction of sp³-hybridized carbons (Fsp3) is 0.333. The molecule has 3 amide bonds. The minimum absolute atomic E-state index is 0.111. The Hall–Kier alpha value is -2.89. The summed E-state index contributed by atoms with van der Waals surface area (Å²) in [5, 5.41) is 2.80. The van der Waals surface area contributed by atoms with E-state index in [4.69, 9.17) is 0 Å². The van der Waals surface area contributed by atoms with Crippen LogP contribution in [0.5, 0.6) is 0 Å². The van der Waals surface area contributed by atoms with Gasteiger partial charge in [-0.15, -0.1) is 0 Å². The van der Waals surface area contributed by atoms with E-state index >= 15 is 0 Å². The van der Waals surface area contributed by atoms with Gasteiger partial charge in [-0.1, -0.05) is 17.7 Å². The van der Waals surface area contributed by atoms with Gasteiger partial charge in [0.2, 0.25) is 5.91 Å². The van der Waals surface area contributed by atoms with E-state index in [1.807, 2.05) is 36.1 Å². The van der Waals surface area contributed by atoms with Crippen molar-refractivity contribution in [1.82, 2.24) is 4.90 Å². The number of anilines is 2. The van der Waals surface area contributed by atoms with E-state index in [9.17, 15) is 14.0 Å². The lowest BCUT2D eigenvalue weighted by atomic mass is 9.86. The van der Waals surface area contributed by atoms with Gasteiger partial charge < -0.3 is 15.1 Å². The van der Waals surface area contributed by atoms with Crippen LogP contribution in [0.15, 0.2) is 48.5 Å². The second-order valence-corrected chi connectivity index (χ2v) is 7.60. The minimum atomic E-state index is -0.339. The summed E-state index contributed by atoms with van der Waals surface area (Å²) in [6, 6.07) is 13.5. The first kappa shape index (κ1) is 17.5. The van der Waals surface area contributed by atoms with Crippen LogP contribution in [0.4, 0.5) is 20.6 Å². The van der Waals surface area contributed by atoms with Crippen LogP contribution < -0.4 is 10.2 Å². The van der Waals surface area contributed by atoms with Gasteiger partial charge in [0.25, 0.3) is 0 Å². The van der Waals surface area contributed by atoms with Crippen LogP contribution in [0.25, 0.3) is 0 Å². The lowest BCUT2D eigenvalue weighted by Gasteiger charge is -2.24. The van der Waals surface area contributed by atoms with Crippen LogP contribution in [-0.2, 0) is 4.79 Å². The third-order valence-corrected chi connectivity index (χ3v) is 5.49. The van der Waals surface area contributed by atoms with Crippen molar-refractivity contribution in [2.75, 3.05) is 29.9 Å². The van der Waals surface area contributed by atoms with Gasteiger partial charge in [-0.25, -0.2) is 9.18 Å². The maximum atomic E-state index is 13.0. The van der Waals surface area contributed by atoms with Crippen molar-refractivity contribution < 1.29 is 14.0 Å². The van der Waals surface area contributed by atoms with Crippen molar-refractivity contribution in [2.45, 2.75) is 19.8 Å². The molecule has 0 bridgehead atoms. The molecule has 4 rings (SSSR count). The molecular weight excluding hydrogens is 345 g/mol. The summed E-state index contributed by atoms with van der Waals surface area (Å²) in [7, 11) is 0. The van der Waals surface area contributed by atoms with E-state index in [2.05, 4.69) is 5.32 Å². The molecule has 1 spiro atoms. The lowest BCUT2D eigenvalue weighted by Crippen LogP contribution is -2.36. The zero-order valence-corrected chi connectivity index (χ0v) is 15.2. The molecule has 1 unspecified atom stereocenters. The second-order valence-electron chi connectivity index (χ2n) is 7.60. The molecule has 1 atom stereocenters. The van der Waals surface area contributed by atoms with Gasteiger partial charge in [-0.05, 0) is 49.7 Å². The molecule has 5 nitrogen and oxygen atoms in total. The number of aryl methyl sites for hydroxylation is 1. The maximum absolute atomic E-state index is 13.0. The zero-order chi connectivity index (χ0) is 19.0. The first-order valence-electron chi connectivity index (χ1n) is 9.13. The number of hydrogen-bond donors (Lipinski definition) is 1. The molecule has 0 saturated carbocycles. The highest BCUT2D eigenvalue weighted by atomic mass is 19.1. The summed E-state index contributed by atoms with van der Waals surface area (Å²) in [4.78, 5) is 28.7. The summed E-state index contributed by atoms with van der Waals surface area (Å²) in [5.74, 6) is -0.228. The fourth-order valence-electron chi connectivity index (χ4n) is 3.97. The molecule has 2 saturated heterocycles. The SMILES string of the molecule is Cc1ccc(N2CC3(CCN(C(=O)Nc4ccc(F)cc4)C3)CC2=O)cc1. The number of likely N-dealkylation sites (tertiary alicyclic amines) is 1. The predicted octanol–water partition coefficient (Wildman–Crippen LogP) is 3.80. The standard InChI is InChI=1S/C21H22FN3O2/c1-15-2-8-18(9-3-15)25-14-21(12-19(25)26)10-11-24(13-21)20(27)23-17-6-4-16(22)5-7-17/h2-9H,10-14H2,1H3,(H,23,27). The van der Waals surface area contributed by atoms with Crippen molar-refractivity contribution in [2.24, 2.45) is 5.41 Å². The van der Waals surface area contributed by atoms with E-state index in [1.54, 1.807) is 4.90 Å². The summed E-state index contributed by atoms with van der Waals surface area (Å²) in [5.41, 5.74) is 2.44. The Morgan fingerprint density at radius 3 is 2.48 bits per heavy atom. The van der Waals surface area contributed by atoms with Crippen molar-refractivity contribution in [3.8, 4) is 0 Å². The molecule has 2 aromatic rings. The normalized spacial score (nSPS) is 21.9. The Kier molecular flexibility index (Phi) is 4.34. The van der Waals surface area contributed by atoms with Crippen LogP contribution in [-0.4, -0.2) is 36.5 Å². The number of amides is 3. The van der Waals surface area contributed by atoms with Crippen LogP contribution in [0.2, 0.25) is 0 Å². The van der Waals surface area contributed by atoms with Gasteiger partial charge >= 0.3 is 6.03 Å². The molecule has 2 aromatic carbocycles. The number of hydrogen-bond acceptors (Lipinski definition) is 2. The van der Waals surface area contributed by atoms with Crippen LogP contribution in [0.1, 0.15) is 18.4 Å². The van der Waals surface area contributed by atoms with Crippen molar-refractivity contribution in [3.63, 3.8) is 0 Å². The molecular formula is C21H22FN3O2. The Morgan fingerprint density at radius 1 is 1.07 bits per heavy atom. The first-order valence-corrected chi connectivity index (χ1v) is 9.13. The van der Waals surface area contributed by atoms with Crippen LogP contribution in [0, 0.1) is 18.2 Å². The van der Waals surface area contributed by atoms with Gasteiger partial charge in [0, 0.05) is 42.8 Å². The third kappa shape index (κ3) is 3.52. The van der Waals surface area contributed by atoms with Crippen molar-refractivity contribution >= 4 is 23.3 Å². The number of carbonyl (C=O) groups excluding carboxylic acids is 2. The molecule has 6 heteroatoms. The highest BCUT2D eigenvalue weighted by molar-refractivity contribution is 5.97. The van der Waals surface area contributed by atoms with Crippen LogP contribution >= 0.6 is 0 Å². The highest BCUT2D eigenvalue weighted by Gasteiger charge is 2.48. The lowest BCUT2D eigenvalue weighted by molar-refractivity contribution is -0.117. The Labute approximate surface area is 157 Å². The number of nitrogens with one attached hydrogen (secondary N) is 1. The molecule has 0 aliphatic carbocycles. The van der Waals surface area contributed by atoms with E-state index < -0.39 is 0 Å². The molecule has 0 radical (unpaired) electrons. The van der Waals surface area contributed by atoms with Crippen molar-refractivity contribution in [3.05, 3.63) is 59.9 Å². The average molecular weight is 367 g/mol. The molecule has 140 valence electrons. The smallest absolute Gasteiger partial charge is 0.321 e. The molecule has 1 N–H and O–H groups in total. The summed E-state index contributed by atoms with van der Waals surface area (Å²) in [6.07, 6.45) is 1.26. The van der Waals surface area contributed by atoms with E-state index in [-0.39, 0.29) is 23.2 Å². The summed E-state index contributed by atoms with van der Waals surface area (Å²) < 4.78 is 13.0. The Bertz CT molecular complexity index is 866. The molecule has 27 heavy (non-hydrogen) atoms. The summed E-state index contributed by atoms with van der Waals surface area (Å²) in [6.45, 7) is 3.82. The quantitative estimate of drug-likeness (QED) is 0.878. The highest BCUT2D eigenvalue weighted by Crippen LogP contribution is 2.42. The third-order valence-electron chi connectivity index (χ3n) is 5.49. The maximum Gasteiger partial charge on any atom is 0.321 e. The number of rotatable bonds is 2. The number of nitrogens with zero attached hydrogens (tertiary/aromatic N) is 2. The van der Waals surface area contributed by atoms with Gasteiger partial charge in [0.1, 0.15) is 5.82 Å². The topological polar surface area (TPSA) is 52.6 Å². The largest absolute Gasteiger partial charge is 0.324 e. The summed E-state index contributed by atoms with van der Waals surface area (Å²) >= 11 is 0. The van der Waals surface area contributed by atoms with Gasteiger partial charge in [-0.3, -0.25) is 4.79 Å². The zero-order valence-electron chi connectivity index (χ0n) is 15.2. The van der Waals surface area contributed by atoms with E-state index in [0.717, 1.165) is 17.7 Å². The Morgan fingerprint density at radius 2 is 1.78 bits per heavy atom. The molecule has 2 fully saturated rings. The molecule has 0 aromatic heterocycles.